The second kappa shape index (κ2) is 11.0. The van der Waals surface area contributed by atoms with Crippen LogP contribution < -0.4 is 16.0 Å². The second-order valence-corrected chi connectivity index (χ2v) is 8.67. The molecule has 3 aromatic heterocycles. The van der Waals surface area contributed by atoms with E-state index in [0.29, 0.717) is 12.4 Å². The molecule has 3 aromatic rings. The number of hydrogen-bond donors (Lipinski definition) is 3. The third-order valence-electron chi connectivity index (χ3n) is 4.19. The molecule has 0 fully saturated rings. The number of aromatic nitrogens is 4. The SMILES string of the molecule is CC/C=C/C(=C\NC)c1cnc2c(Nc3cc(C)ns3)nc(SCCNC(C)=O)cn12. The van der Waals surface area contributed by atoms with Gasteiger partial charge in [0, 0.05) is 44.2 Å². The van der Waals surface area contributed by atoms with Crippen molar-refractivity contribution in [1.82, 2.24) is 29.4 Å². The first-order valence-corrected chi connectivity index (χ1v) is 11.8. The van der Waals surface area contributed by atoms with Gasteiger partial charge in [-0.15, -0.1) is 11.8 Å². The molecule has 0 saturated heterocycles. The average Bonchev–Trinajstić information content (AvgIpc) is 3.34. The molecule has 0 aliphatic heterocycles. The standard InChI is InChI=1S/C21H27N7OS2/c1-5-6-7-16(11-22-4)17-12-24-21-20(25-18-10-14(2)27-31-18)26-19(13-28(17)21)30-9-8-23-15(3)29/h6-7,10-13,22H,5,8-9H2,1-4H3,(H,23,29)(H,25,26)/b7-6+,16-11+. The first-order valence-electron chi connectivity index (χ1n) is 10.0. The normalized spacial score (nSPS) is 11.9. The Labute approximate surface area is 190 Å². The van der Waals surface area contributed by atoms with Crippen molar-refractivity contribution in [2.75, 3.05) is 24.7 Å². The molecular formula is C21H27N7OS2. The van der Waals surface area contributed by atoms with E-state index in [-0.39, 0.29) is 5.91 Å². The zero-order chi connectivity index (χ0) is 22.2. The summed E-state index contributed by atoms with van der Waals surface area (Å²) in [6, 6.07) is 1.99. The van der Waals surface area contributed by atoms with Crippen LogP contribution in [0, 0.1) is 6.92 Å². The molecule has 164 valence electrons. The van der Waals surface area contributed by atoms with Crippen LogP contribution in [0.2, 0.25) is 0 Å². The molecular weight excluding hydrogens is 430 g/mol. The summed E-state index contributed by atoms with van der Waals surface area (Å²) >= 11 is 2.97. The van der Waals surface area contributed by atoms with Gasteiger partial charge in [0.1, 0.15) is 10.0 Å². The number of nitrogens with zero attached hydrogens (tertiary/aromatic N) is 4. The number of hydrogen-bond acceptors (Lipinski definition) is 8. The summed E-state index contributed by atoms with van der Waals surface area (Å²) in [5.74, 6) is 1.35. The average molecular weight is 458 g/mol. The molecule has 0 atom stereocenters. The molecule has 0 aliphatic rings. The van der Waals surface area contributed by atoms with Crippen LogP contribution in [-0.2, 0) is 4.79 Å². The lowest BCUT2D eigenvalue weighted by molar-refractivity contribution is -0.118. The summed E-state index contributed by atoms with van der Waals surface area (Å²) in [6.45, 7) is 6.17. The maximum absolute atomic E-state index is 11.1. The van der Waals surface area contributed by atoms with Crippen LogP contribution in [-0.4, -0.2) is 44.0 Å². The minimum absolute atomic E-state index is 0.0339. The van der Waals surface area contributed by atoms with Gasteiger partial charge in [0.2, 0.25) is 5.91 Å². The van der Waals surface area contributed by atoms with Crippen LogP contribution in [0.4, 0.5) is 10.8 Å². The van der Waals surface area contributed by atoms with Gasteiger partial charge in [-0.1, -0.05) is 19.1 Å². The predicted octanol–water partition coefficient (Wildman–Crippen LogP) is 3.99. The largest absolute Gasteiger partial charge is 0.393 e. The van der Waals surface area contributed by atoms with E-state index >= 15 is 0 Å². The molecule has 0 bridgehead atoms. The van der Waals surface area contributed by atoms with Crippen molar-refractivity contribution >= 4 is 51.2 Å². The third kappa shape index (κ3) is 6.08. The van der Waals surface area contributed by atoms with Crippen molar-refractivity contribution in [2.24, 2.45) is 0 Å². The molecule has 10 heteroatoms. The van der Waals surface area contributed by atoms with E-state index < -0.39 is 0 Å². The van der Waals surface area contributed by atoms with Crippen molar-refractivity contribution in [3.63, 3.8) is 0 Å². The Morgan fingerprint density at radius 3 is 2.90 bits per heavy atom. The van der Waals surface area contributed by atoms with Crippen LogP contribution in [0.3, 0.4) is 0 Å². The van der Waals surface area contributed by atoms with E-state index in [1.165, 1.54) is 18.5 Å². The van der Waals surface area contributed by atoms with E-state index in [1.807, 2.05) is 43.0 Å². The Morgan fingerprint density at radius 2 is 2.23 bits per heavy atom. The minimum Gasteiger partial charge on any atom is -0.393 e. The molecule has 3 heterocycles. The van der Waals surface area contributed by atoms with Crippen LogP contribution in [0.1, 0.15) is 31.7 Å². The van der Waals surface area contributed by atoms with Gasteiger partial charge in [0.05, 0.1) is 17.6 Å². The van der Waals surface area contributed by atoms with E-state index in [2.05, 4.69) is 44.4 Å². The molecule has 3 rings (SSSR count). The van der Waals surface area contributed by atoms with Crippen molar-refractivity contribution in [3.05, 3.63) is 48.2 Å². The molecule has 0 spiro atoms. The number of anilines is 2. The Hall–Kier alpha value is -2.85. The van der Waals surface area contributed by atoms with E-state index in [9.17, 15) is 4.79 Å². The quantitative estimate of drug-likeness (QED) is 0.241. The highest BCUT2D eigenvalue weighted by Crippen LogP contribution is 2.29. The van der Waals surface area contributed by atoms with Gasteiger partial charge in [-0.05, 0) is 30.9 Å². The number of thioether (sulfide) groups is 1. The highest BCUT2D eigenvalue weighted by Gasteiger charge is 2.15. The number of carbonyl (C=O) groups is 1. The Balaban J connectivity index is 2.01. The number of rotatable bonds is 10. The zero-order valence-corrected chi connectivity index (χ0v) is 19.7. The van der Waals surface area contributed by atoms with Gasteiger partial charge >= 0.3 is 0 Å². The molecule has 8 nitrogen and oxygen atoms in total. The number of imidazole rings is 1. The van der Waals surface area contributed by atoms with E-state index in [1.54, 1.807) is 11.8 Å². The number of nitrogens with one attached hydrogen (secondary N) is 3. The van der Waals surface area contributed by atoms with Gasteiger partial charge < -0.3 is 16.0 Å². The fraction of sp³-hybridized carbons (Fsp3) is 0.333. The molecule has 0 radical (unpaired) electrons. The highest BCUT2D eigenvalue weighted by molar-refractivity contribution is 7.99. The van der Waals surface area contributed by atoms with Crippen LogP contribution in [0.25, 0.3) is 11.2 Å². The molecule has 3 N–H and O–H groups in total. The predicted molar refractivity (Wildman–Crippen MR) is 129 cm³/mol. The number of carbonyl (C=O) groups excluding carboxylic acids is 1. The first kappa shape index (κ1) is 22.8. The minimum atomic E-state index is -0.0339. The van der Waals surface area contributed by atoms with Crippen LogP contribution in [0.15, 0.2) is 41.8 Å². The molecule has 0 aromatic carbocycles. The van der Waals surface area contributed by atoms with Crippen molar-refractivity contribution in [2.45, 2.75) is 32.2 Å². The maximum atomic E-state index is 11.1. The highest BCUT2D eigenvalue weighted by atomic mass is 32.2. The number of aryl methyl sites for hydroxylation is 1. The number of fused-ring (bicyclic) bond motifs is 1. The summed E-state index contributed by atoms with van der Waals surface area (Å²) < 4.78 is 6.38. The van der Waals surface area contributed by atoms with Gasteiger partial charge in [-0.25, -0.2) is 9.97 Å². The summed E-state index contributed by atoms with van der Waals surface area (Å²) in [6.07, 6.45) is 11.0. The Kier molecular flexibility index (Phi) is 8.07. The molecule has 0 saturated carbocycles. The number of allylic oxidation sites excluding steroid dienone is 3. The topological polar surface area (TPSA) is 96.2 Å². The lowest BCUT2D eigenvalue weighted by Gasteiger charge is -2.10. The maximum Gasteiger partial charge on any atom is 0.216 e. The summed E-state index contributed by atoms with van der Waals surface area (Å²) in [5, 5.41) is 11.1. The van der Waals surface area contributed by atoms with Gasteiger partial charge in [0.15, 0.2) is 11.5 Å². The summed E-state index contributed by atoms with van der Waals surface area (Å²) in [4.78, 5) is 20.6. The smallest absolute Gasteiger partial charge is 0.216 e. The Morgan fingerprint density at radius 1 is 1.39 bits per heavy atom. The van der Waals surface area contributed by atoms with E-state index in [4.69, 9.17) is 4.98 Å². The van der Waals surface area contributed by atoms with Crippen molar-refractivity contribution in [1.29, 1.82) is 0 Å². The fourth-order valence-electron chi connectivity index (χ4n) is 2.86. The molecule has 31 heavy (non-hydrogen) atoms. The van der Waals surface area contributed by atoms with Crippen LogP contribution >= 0.6 is 23.3 Å². The van der Waals surface area contributed by atoms with E-state index in [0.717, 1.165) is 44.8 Å². The fourth-order valence-corrected chi connectivity index (χ4v) is 4.27. The lowest BCUT2D eigenvalue weighted by Crippen LogP contribution is -2.22. The monoisotopic (exact) mass is 457 g/mol. The van der Waals surface area contributed by atoms with Gasteiger partial charge in [0.25, 0.3) is 0 Å². The van der Waals surface area contributed by atoms with Crippen molar-refractivity contribution in [3.8, 4) is 0 Å². The first-order chi connectivity index (χ1) is 15.0. The number of amides is 1. The van der Waals surface area contributed by atoms with Crippen LogP contribution in [0.5, 0.6) is 0 Å². The van der Waals surface area contributed by atoms with Gasteiger partial charge in [-0.3, -0.25) is 9.20 Å². The molecule has 0 aliphatic carbocycles. The molecule has 1 amide bonds. The summed E-state index contributed by atoms with van der Waals surface area (Å²) in [5.41, 5.74) is 3.68. The summed E-state index contributed by atoms with van der Waals surface area (Å²) in [7, 11) is 1.88. The zero-order valence-electron chi connectivity index (χ0n) is 18.1. The second-order valence-electron chi connectivity index (χ2n) is 6.75. The molecule has 0 unspecified atom stereocenters. The van der Waals surface area contributed by atoms with Gasteiger partial charge in [-0.2, -0.15) is 4.37 Å². The lowest BCUT2D eigenvalue weighted by atomic mass is 10.2. The third-order valence-corrected chi connectivity index (χ3v) is 5.89. The van der Waals surface area contributed by atoms with Crippen molar-refractivity contribution < 1.29 is 4.79 Å². The Bertz CT molecular complexity index is 1100.